The summed E-state index contributed by atoms with van der Waals surface area (Å²) >= 11 is 0. The van der Waals surface area contributed by atoms with Crippen LogP contribution >= 0.6 is 0 Å². The molecule has 1 saturated heterocycles. The van der Waals surface area contributed by atoms with Gasteiger partial charge in [0, 0.05) is 12.1 Å². The van der Waals surface area contributed by atoms with E-state index in [1.54, 1.807) is 6.92 Å². The number of hydrogen-bond donors (Lipinski definition) is 1. The Hall–Kier alpha value is -2.49. The van der Waals surface area contributed by atoms with Crippen LogP contribution in [-0.4, -0.2) is 67.8 Å². The van der Waals surface area contributed by atoms with Gasteiger partial charge in [0.1, 0.15) is 12.4 Å². The lowest BCUT2D eigenvalue weighted by Crippen LogP contribution is -2.48. The van der Waals surface area contributed by atoms with Crippen molar-refractivity contribution >= 4 is 27.6 Å². The van der Waals surface area contributed by atoms with Crippen molar-refractivity contribution in [3.05, 3.63) is 35.6 Å². The number of nitrogens with zero attached hydrogens (tertiary/aromatic N) is 1. The van der Waals surface area contributed by atoms with Gasteiger partial charge in [0.15, 0.2) is 16.4 Å². The molecule has 2 atom stereocenters. The first-order chi connectivity index (χ1) is 13.6. The Balaban J connectivity index is 1.88. The molecule has 2 rings (SSSR count). The summed E-state index contributed by atoms with van der Waals surface area (Å²) in [5, 5.41) is 2.23. The van der Waals surface area contributed by atoms with Gasteiger partial charge in [0.2, 0.25) is 0 Å². The predicted octanol–water partition coefficient (Wildman–Crippen LogP) is 0.913. The Morgan fingerprint density at radius 3 is 2.59 bits per heavy atom. The maximum atomic E-state index is 13.5. The van der Waals surface area contributed by atoms with Gasteiger partial charge in [0.25, 0.3) is 11.8 Å². The molecule has 1 aromatic carbocycles. The molecule has 1 aliphatic rings. The summed E-state index contributed by atoms with van der Waals surface area (Å²) in [5.41, 5.74) is -0.207. The lowest BCUT2D eigenvalue weighted by atomic mass is 10.1. The number of carbonyl (C=O) groups excluding carboxylic acids is 3. The number of ether oxygens (including phenoxy) is 1. The minimum atomic E-state index is -3.17. The molecule has 0 unspecified atom stereocenters. The third-order valence-corrected chi connectivity index (χ3v) is 6.57. The highest BCUT2D eigenvalue weighted by Crippen LogP contribution is 2.21. The molecule has 160 valence electrons. The highest BCUT2D eigenvalue weighted by atomic mass is 32.2. The molecule has 0 saturated carbocycles. The van der Waals surface area contributed by atoms with E-state index in [4.69, 9.17) is 4.74 Å². The lowest BCUT2D eigenvalue weighted by molar-refractivity contribution is -0.153. The van der Waals surface area contributed by atoms with E-state index >= 15 is 0 Å². The van der Waals surface area contributed by atoms with E-state index in [0.29, 0.717) is 12.8 Å². The molecule has 0 spiro atoms. The number of nitrogens with one attached hydrogen (secondary N) is 1. The summed E-state index contributed by atoms with van der Waals surface area (Å²) in [6.07, 6.45) is 0.972. The third-order valence-electron chi connectivity index (χ3n) is 4.82. The molecule has 0 aromatic heterocycles. The van der Waals surface area contributed by atoms with Crippen molar-refractivity contribution in [1.82, 2.24) is 10.2 Å². The van der Waals surface area contributed by atoms with Crippen molar-refractivity contribution in [3.63, 3.8) is 0 Å². The van der Waals surface area contributed by atoms with Gasteiger partial charge >= 0.3 is 5.97 Å². The molecular weight excluding hydrogens is 403 g/mol. The summed E-state index contributed by atoms with van der Waals surface area (Å²) in [5.74, 6) is -2.91. The quantitative estimate of drug-likeness (QED) is 0.617. The van der Waals surface area contributed by atoms with Crippen molar-refractivity contribution in [1.29, 1.82) is 0 Å². The highest BCUT2D eigenvalue weighted by Gasteiger charge is 2.36. The van der Waals surface area contributed by atoms with E-state index in [1.165, 1.54) is 23.1 Å². The second-order valence-electron chi connectivity index (χ2n) is 6.94. The molecule has 0 radical (unpaired) electrons. The Morgan fingerprint density at radius 1 is 1.31 bits per heavy atom. The van der Waals surface area contributed by atoms with E-state index in [9.17, 15) is 27.2 Å². The number of sulfone groups is 1. The monoisotopic (exact) mass is 428 g/mol. The highest BCUT2D eigenvalue weighted by molar-refractivity contribution is 7.91. The standard InChI is InChI=1S/C19H25FN2O6S/c1-3-13(2)22(14-8-9-29(26,27)12-14)17(23)11-28-18(24)10-21-19(25)15-6-4-5-7-16(15)20/h4-7,13-14H,3,8-12H2,1-2H3,(H,21,25)/t13-,14-/m0/s1. The van der Waals surface area contributed by atoms with Crippen molar-refractivity contribution in [2.75, 3.05) is 24.7 Å². The zero-order valence-electron chi connectivity index (χ0n) is 16.4. The number of esters is 1. The fourth-order valence-corrected chi connectivity index (χ4v) is 4.87. The maximum Gasteiger partial charge on any atom is 0.325 e. The van der Waals surface area contributed by atoms with E-state index < -0.39 is 52.6 Å². The van der Waals surface area contributed by atoms with Crippen molar-refractivity contribution < 1.29 is 31.9 Å². The molecule has 29 heavy (non-hydrogen) atoms. The first kappa shape index (κ1) is 22.8. The minimum absolute atomic E-state index is 0.0275. The van der Waals surface area contributed by atoms with E-state index in [2.05, 4.69) is 5.32 Å². The largest absolute Gasteiger partial charge is 0.454 e. The average Bonchev–Trinajstić information content (AvgIpc) is 3.03. The number of hydrogen-bond acceptors (Lipinski definition) is 6. The Bertz CT molecular complexity index is 873. The van der Waals surface area contributed by atoms with E-state index in [0.717, 1.165) is 6.07 Å². The maximum absolute atomic E-state index is 13.5. The van der Waals surface area contributed by atoms with Crippen LogP contribution in [0.1, 0.15) is 37.0 Å². The van der Waals surface area contributed by atoms with Gasteiger partial charge in [-0.05, 0) is 31.9 Å². The smallest absolute Gasteiger partial charge is 0.325 e. The first-order valence-corrected chi connectivity index (χ1v) is 11.2. The van der Waals surface area contributed by atoms with Gasteiger partial charge in [-0.2, -0.15) is 0 Å². The minimum Gasteiger partial charge on any atom is -0.454 e. The number of benzene rings is 1. The second kappa shape index (κ2) is 9.82. The van der Waals surface area contributed by atoms with Gasteiger partial charge in [0.05, 0.1) is 17.1 Å². The van der Waals surface area contributed by atoms with E-state index in [-0.39, 0.29) is 23.1 Å². The summed E-state index contributed by atoms with van der Waals surface area (Å²) in [6.45, 7) is 2.59. The van der Waals surface area contributed by atoms with Crippen LogP contribution in [0.2, 0.25) is 0 Å². The van der Waals surface area contributed by atoms with Gasteiger partial charge in [-0.1, -0.05) is 19.1 Å². The summed E-state index contributed by atoms with van der Waals surface area (Å²) in [6, 6.07) is 4.67. The fourth-order valence-electron chi connectivity index (χ4n) is 3.16. The normalized spacial score (nSPS) is 18.7. The molecule has 0 aliphatic carbocycles. The van der Waals surface area contributed by atoms with Gasteiger partial charge in [-0.15, -0.1) is 0 Å². The predicted molar refractivity (Wildman–Crippen MR) is 103 cm³/mol. The molecule has 1 aliphatic heterocycles. The molecule has 1 heterocycles. The van der Waals surface area contributed by atoms with Crippen LogP contribution in [-0.2, 0) is 24.2 Å². The van der Waals surface area contributed by atoms with Crippen molar-refractivity contribution in [2.24, 2.45) is 0 Å². The zero-order chi connectivity index (χ0) is 21.6. The summed E-state index contributed by atoms with van der Waals surface area (Å²) < 4.78 is 42.0. The van der Waals surface area contributed by atoms with E-state index in [1.807, 2.05) is 6.92 Å². The van der Waals surface area contributed by atoms with Crippen LogP contribution in [0.15, 0.2) is 24.3 Å². The van der Waals surface area contributed by atoms with Gasteiger partial charge < -0.3 is 15.0 Å². The van der Waals surface area contributed by atoms with Crippen LogP contribution in [0.3, 0.4) is 0 Å². The summed E-state index contributed by atoms with van der Waals surface area (Å²) in [4.78, 5) is 37.8. The van der Waals surface area contributed by atoms with Crippen molar-refractivity contribution in [2.45, 2.75) is 38.8 Å². The molecule has 10 heteroatoms. The molecule has 1 N–H and O–H groups in total. The molecule has 2 amide bonds. The Kier molecular flexibility index (Phi) is 7.72. The van der Waals surface area contributed by atoms with Gasteiger partial charge in [-0.3, -0.25) is 14.4 Å². The van der Waals surface area contributed by atoms with Crippen LogP contribution in [0, 0.1) is 5.82 Å². The number of rotatable bonds is 8. The van der Waals surface area contributed by atoms with Crippen molar-refractivity contribution in [3.8, 4) is 0 Å². The fraction of sp³-hybridized carbons (Fsp3) is 0.526. The van der Waals surface area contributed by atoms with Crippen LogP contribution in [0.25, 0.3) is 0 Å². The number of carbonyl (C=O) groups is 3. The zero-order valence-corrected chi connectivity index (χ0v) is 17.2. The second-order valence-corrected chi connectivity index (χ2v) is 9.17. The average molecular weight is 428 g/mol. The molecule has 8 nitrogen and oxygen atoms in total. The number of halogens is 1. The molecule has 1 fully saturated rings. The Morgan fingerprint density at radius 2 is 2.00 bits per heavy atom. The van der Waals surface area contributed by atoms with Gasteiger partial charge in [-0.25, -0.2) is 12.8 Å². The molecule has 1 aromatic rings. The molecule has 0 bridgehead atoms. The Labute approximate surface area is 169 Å². The third kappa shape index (κ3) is 6.25. The van der Waals surface area contributed by atoms with Crippen LogP contribution in [0.4, 0.5) is 4.39 Å². The van der Waals surface area contributed by atoms with Crippen LogP contribution in [0.5, 0.6) is 0 Å². The summed E-state index contributed by atoms with van der Waals surface area (Å²) in [7, 11) is -3.17. The first-order valence-electron chi connectivity index (χ1n) is 9.34. The lowest BCUT2D eigenvalue weighted by Gasteiger charge is -2.33. The van der Waals surface area contributed by atoms with Crippen LogP contribution < -0.4 is 5.32 Å². The SMILES string of the molecule is CC[C@H](C)N(C(=O)COC(=O)CNC(=O)c1ccccc1F)[C@H]1CCS(=O)(=O)C1. The number of amides is 2. The molecular formula is C19H25FN2O6S. The topological polar surface area (TPSA) is 110 Å².